The number of anilines is 3. The second kappa shape index (κ2) is 7.05. The molecule has 0 heterocycles. The number of para-hydroxylation sites is 1. The van der Waals surface area contributed by atoms with Crippen LogP contribution in [0.1, 0.15) is 31.8 Å². The highest BCUT2D eigenvalue weighted by Gasteiger charge is 2.33. The average Bonchev–Trinajstić information content (AvgIpc) is 2.71. The number of ketones is 2. The number of rotatable bonds is 5. The average molecular weight is 358 g/mol. The smallest absolute Gasteiger partial charge is 0.196 e. The highest BCUT2D eigenvalue weighted by molar-refractivity contribution is 6.32. The second-order valence-corrected chi connectivity index (χ2v) is 6.26. The number of carbonyl (C=O) groups excluding carboxylic acids is 2. The van der Waals surface area contributed by atoms with Crippen molar-refractivity contribution in [2.24, 2.45) is 0 Å². The van der Waals surface area contributed by atoms with Gasteiger partial charge in [-0.05, 0) is 24.3 Å². The Hall–Kier alpha value is -3.44. The van der Waals surface area contributed by atoms with Gasteiger partial charge in [0.2, 0.25) is 0 Å². The van der Waals surface area contributed by atoms with Gasteiger partial charge in [0.1, 0.15) is 0 Å². The van der Waals surface area contributed by atoms with Gasteiger partial charge in [-0.25, -0.2) is 0 Å². The maximum Gasteiger partial charge on any atom is 0.196 e. The number of nitrogens with one attached hydrogen (secondary N) is 2. The molecule has 0 unspecified atom stereocenters. The molecule has 5 nitrogen and oxygen atoms in total. The summed E-state index contributed by atoms with van der Waals surface area (Å²) in [5.41, 5.74) is 3.46. The number of fused-ring (bicyclic) bond motifs is 2. The van der Waals surface area contributed by atoms with Gasteiger partial charge in [-0.3, -0.25) is 9.59 Å². The summed E-state index contributed by atoms with van der Waals surface area (Å²) in [6.07, 6.45) is 0. The molecule has 134 valence electrons. The van der Waals surface area contributed by atoms with Crippen LogP contribution < -0.4 is 10.6 Å². The molecule has 0 spiro atoms. The molecule has 0 fully saturated rings. The molecule has 0 bridgehead atoms. The van der Waals surface area contributed by atoms with Gasteiger partial charge in [0.15, 0.2) is 11.6 Å². The van der Waals surface area contributed by atoms with Crippen LogP contribution in [0.25, 0.3) is 0 Å². The maximum atomic E-state index is 13.2. The van der Waals surface area contributed by atoms with Crippen molar-refractivity contribution in [1.29, 1.82) is 0 Å². The normalized spacial score (nSPS) is 12.3. The SMILES string of the molecule is O=C1c2ccccc2C(=O)c2c(Nc3ccccc3)ccc(NCCO)c21. The molecule has 0 saturated heterocycles. The van der Waals surface area contributed by atoms with E-state index in [-0.39, 0.29) is 18.2 Å². The van der Waals surface area contributed by atoms with E-state index in [0.717, 1.165) is 5.69 Å². The highest BCUT2D eigenvalue weighted by Crippen LogP contribution is 2.37. The van der Waals surface area contributed by atoms with Crippen LogP contribution in [0.2, 0.25) is 0 Å². The predicted molar refractivity (Wildman–Crippen MR) is 105 cm³/mol. The molecular formula is C22H18N2O3. The lowest BCUT2D eigenvalue weighted by Gasteiger charge is -2.23. The zero-order valence-electron chi connectivity index (χ0n) is 14.5. The molecule has 3 N–H and O–H groups in total. The molecule has 0 aromatic heterocycles. The molecule has 3 aromatic rings. The summed E-state index contributed by atoms with van der Waals surface area (Å²) in [4.78, 5) is 26.4. The van der Waals surface area contributed by atoms with Crippen molar-refractivity contribution in [3.63, 3.8) is 0 Å². The van der Waals surface area contributed by atoms with Gasteiger partial charge in [-0.15, -0.1) is 0 Å². The third-order valence-electron chi connectivity index (χ3n) is 4.56. The minimum Gasteiger partial charge on any atom is -0.395 e. The zero-order valence-corrected chi connectivity index (χ0v) is 14.5. The van der Waals surface area contributed by atoms with E-state index >= 15 is 0 Å². The monoisotopic (exact) mass is 358 g/mol. The molecule has 1 aliphatic carbocycles. The summed E-state index contributed by atoms with van der Waals surface area (Å²) in [5.74, 6) is -0.386. The van der Waals surface area contributed by atoms with Crippen molar-refractivity contribution in [3.8, 4) is 0 Å². The van der Waals surface area contributed by atoms with E-state index in [1.807, 2.05) is 30.3 Å². The van der Waals surface area contributed by atoms with Gasteiger partial charge < -0.3 is 15.7 Å². The minimum atomic E-state index is -0.197. The molecule has 0 radical (unpaired) electrons. The van der Waals surface area contributed by atoms with Crippen LogP contribution in [-0.4, -0.2) is 29.8 Å². The van der Waals surface area contributed by atoms with E-state index in [1.165, 1.54) is 0 Å². The van der Waals surface area contributed by atoms with Crippen LogP contribution in [0.4, 0.5) is 17.1 Å². The van der Waals surface area contributed by atoms with Crippen molar-refractivity contribution >= 4 is 28.6 Å². The third kappa shape index (κ3) is 2.98. The molecule has 0 amide bonds. The number of benzene rings is 3. The maximum absolute atomic E-state index is 13.2. The summed E-state index contributed by atoms with van der Waals surface area (Å²) in [7, 11) is 0. The molecular weight excluding hydrogens is 340 g/mol. The number of aliphatic hydroxyl groups excluding tert-OH is 1. The van der Waals surface area contributed by atoms with Crippen molar-refractivity contribution in [2.45, 2.75) is 0 Å². The lowest BCUT2D eigenvalue weighted by Crippen LogP contribution is -2.24. The van der Waals surface area contributed by atoms with E-state index in [4.69, 9.17) is 5.11 Å². The molecule has 27 heavy (non-hydrogen) atoms. The van der Waals surface area contributed by atoms with Crippen LogP contribution in [0.5, 0.6) is 0 Å². The van der Waals surface area contributed by atoms with Crippen LogP contribution >= 0.6 is 0 Å². The third-order valence-corrected chi connectivity index (χ3v) is 4.56. The Kier molecular flexibility index (Phi) is 4.44. The van der Waals surface area contributed by atoms with Gasteiger partial charge >= 0.3 is 0 Å². The fourth-order valence-corrected chi connectivity index (χ4v) is 3.34. The molecule has 0 aliphatic heterocycles. The first-order valence-corrected chi connectivity index (χ1v) is 8.73. The van der Waals surface area contributed by atoms with E-state index in [0.29, 0.717) is 40.2 Å². The number of hydrogen-bond donors (Lipinski definition) is 3. The van der Waals surface area contributed by atoms with Crippen molar-refractivity contribution in [3.05, 3.63) is 89.0 Å². The quantitative estimate of drug-likeness (QED) is 0.508. The van der Waals surface area contributed by atoms with Crippen LogP contribution in [0.3, 0.4) is 0 Å². The van der Waals surface area contributed by atoms with Crippen molar-refractivity contribution < 1.29 is 14.7 Å². The van der Waals surface area contributed by atoms with Crippen LogP contribution in [0, 0.1) is 0 Å². The molecule has 5 heteroatoms. The summed E-state index contributed by atoms with van der Waals surface area (Å²) in [5, 5.41) is 15.4. The molecule has 0 atom stereocenters. The Labute approximate surface area is 156 Å². The van der Waals surface area contributed by atoms with Crippen LogP contribution in [-0.2, 0) is 0 Å². The standard InChI is InChI=1S/C22H18N2O3/c25-13-12-23-17-10-11-18(24-14-6-2-1-3-7-14)20-19(17)21(26)15-8-4-5-9-16(15)22(20)27/h1-11,23-25H,12-13H2. The largest absolute Gasteiger partial charge is 0.395 e. The summed E-state index contributed by atoms with van der Waals surface area (Å²) in [6.45, 7) is 0.221. The Morgan fingerprint density at radius 3 is 1.89 bits per heavy atom. The Balaban J connectivity index is 1.89. The topological polar surface area (TPSA) is 78.4 Å². The molecule has 1 aliphatic rings. The predicted octanol–water partition coefficient (Wildman–Crippen LogP) is 3.61. The first-order valence-electron chi connectivity index (χ1n) is 8.73. The van der Waals surface area contributed by atoms with Crippen molar-refractivity contribution in [2.75, 3.05) is 23.8 Å². The Bertz CT molecular complexity index is 1030. The van der Waals surface area contributed by atoms with E-state index < -0.39 is 0 Å². The van der Waals surface area contributed by atoms with Crippen molar-refractivity contribution in [1.82, 2.24) is 0 Å². The van der Waals surface area contributed by atoms with E-state index in [1.54, 1.807) is 36.4 Å². The molecule has 0 saturated carbocycles. The number of hydrogen-bond acceptors (Lipinski definition) is 5. The summed E-state index contributed by atoms with van der Waals surface area (Å²) in [6, 6.07) is 19.9. The molecule has 4 rings (SSSR count). The second-order valence-electron chi connectivity index (χ2n) is 6.26. The number of aliphatic hydroxyl groups is 1. The van der Waals surface area contributed by atoms with Gasteiger partial charge in [0.05, 0.1) is 23.4 Å². The fraction of sp³-hybridized carbons (Fsp3) is 0.0909. The first-order chi connectivity index (χ1) is 13.2. The number of carbonyl (C=O) groups is 2. The van der Waals surface area contributed by atoms with Gasteiger partial charge in [0.25, 0.3) is 0 Å². The first kappa shape index (κ1) is 17.0. The fourth-order valence-electron chi connectivity index (χ4n) is 3.34. The Morgan fingerprint density at radius 1 is 0.704 bits per heavy atom. The van der Waals surface area contributed by atoms with E-state index in [2.05, 4.69) is 10.6 Å². The van der Waals surface area contributed by atoms with E-state index in [9.17, 15) is 9.59 Å². The Morgan fingerprint density at radius 2 is 1.26 bits per heavy atom. The lowest BCUT2D eigenvalue weighted by molar-refractivity contribution is 0.0980. The zero-order chi connectivity index (χ0) is 18.8. The van der Waals surface area contributed by atoms with Gasteiger partial charge in [-0.2, -0.15) is 0 Å². The van der Waals surface area contributed by atoms with Gasteiger partial charge in [-0.1, -0.05) is 42.5 Å². The minimum absolute atomic E-state index is 0.0719. The highest BCUT2D eigenvalue weighted by atomic mass is 16.3. The summed E-state index contributed by atoms with van der Waals surface area (Å²) < 4.78 is 0. The lowest BCUT2D eigenvalue weighted by atomic mass is 9.82. The molecule has 3 aromatic carbocycles. The summed E-state index contributed by atoms with van der Waals surface area (Å²) >= 11 is 0. The van der Waals surface area contributed by atoms with Crippen LogP contribution in [0.15, 0.2) is 66.7 Å². The van der Waals surface area contributed by atoms with Gasteiger partial charge in [0, 0.05) is 29.0 Å².